The predicted molar refractivity (Wildman–Crippen MR) is 97.0 cm³/mol. The van der Waals surface area contributed by atoms with Crippen LogP contribution in [-0.2, 0) is 4.74 Å². The largest absolute Gasteiger partial charge is 0.465 e. The number of aromatic nitrogens is 3. The Labute approximate surface area is 150 Å². The zero-order valence-corrected chi connectivity index (χ0v) is 14.6. The lowest BCUT2D eigenvalue weighted by Gasteiger charge is -2.23. The number of pyridine rings is 2. The SMILES string of the molecule is COC(=O)c1cc2c(=O)n3ccccc3nc2[n+](C2CCCCC2)c1N. The van der Waals surface area contributed by atoms with Gasteiger partial charge in [0.2, 0.25) is 11.5 Å². The Morgan fingerprint density at radius 1 is 1.31 bits per heavy atom. The van der Waals surface area contributed by atoms with Gasteiger partial charge in [-0.1, -0.05) is 17.5 Å². The fourth-order valence-electron chi connectivity index (χ4n) is 3.85. The highest BCUT2D eigenvalue weighted by Crippen LogP contribution is 2.27. The number of methoxy groups -OCH3 is 1. The second-order valence-corrected chi connectivity index (χ2v) is 6.68. The van der Waals surface area contributed by atoms with Gasteiger partial charge in [0, 0.05) is 6.20 Å². The Morgan fingerprint density at radius 2 is 2.08 bits per heavy atom. The highest BCUT2D eigenvalue weighted by Gasteiger charge is 2.30. The van der Waals surface area contributed by atoms with Crippen LogP contribution < -0.4 is 15.9 Å². The van der Waals surface area contributed by atoms with E-state index in [4.69, 9.17) is 15.5 Å². The van der Waals surface area contributed by atoms with Gasteiger partial charge in [-0.15, -0.1) is 0 Å². The molecule has 4 rings (SSSR count). The van der Waals surface area contributed by atoms with Crippen LogP contribution in [0.3, 0.4) is 0 Å². The van der Waals surface area contributed by atoms with Gasteiger partial charge >= 0.3 is 5.97 Å². The summed E-state index contributed by atoms with van der Waals surface area (Å²) in [5.74, 6) is -0.241. The van der Waals surface area contributed by atoms with Crippen LogP contribution in [0.1, 0.15) is 48.5 Å². The van der Waals surface area contributed by atoms with Crippen LogP contribution >= 0.6 is 0 Å². The van der Waals surface area contributed by atoms with Crippen molar-refractivity contribution in [1.82, 2.24) is 9.38 Å². The Bertz CT molecular complexity index is 1070. The summed E-state index contributed by atoms with van der Waals surface area (Å²) >= 11 is 0. The maximum atomic E-state index is 13.0. The average molecular weight is 353 g/mol. The maximum absolute atomic E-state index is 13.0. The van der Waals surface area contributed by atoms with Crippen molar-refractivity contribution in [2.45, 2.75) is 38.1 Å². The first-order valence-corrected chi connectivity index (χ1v) is 8.85. The van der Waals surface area contributed by atoms with Gasteiger partial charge in [-0.05, 0) is 43.9 Å². The van der Waals surface area contributed by atoms with E-state index in [-0.39, 0.29) is 17.2 Å². The number of fused-ring (bicyclic) bond motifs is 2. The molecule has 3 aromatic rings. The van der Waals surface area contributed by atoms with Crippen molar-refractivity contribution in [3.8, 4) is 0 Å². The first-order chi connectivity index (χ1) is 12.6. The molecule has 26 heavy (non-hydrogen) atoms. The van der Waals surface area contributed by atoms with Crippen molar-refractivity contribution < 1.29 is 14.1 Å². The Balaban J connectivity index is 2.12. The molecule has 1 saturated carbocycles. The third kappa shape index (κ3) is 2.51. The third-order valence-corrected chi connectivity index (χ3v) is 5.15. The molecular weight excluding hydrogens is 332 g/mol. The molecule has 0 bridgehead atoms. The molecule has 7 heteroatoms. The molecule has 0 radical (unpaired) electrons. The predicted octanol–water partition coefficient (Wildman–Crippen LogP) is 2.01. The van der Waals surface area contributed by atoms with Crippen molar-refractivity contribution in [3.63, 3.8) is 0 Å². The Hall–Kier alpha value is -2.96. The van der Waals surface area contributed by atoms with E-state index in [2.05, 4.69) is 0 Å². The number of carbonyl (C=O) groups excluding carboxylic acids is 1. The number of hydrogen-bond donors (Lipinski definition) is 1. The summed E-state index contributed by atoms with van der Waals surface area (Å²) < 4.78 is 8.22. The van der Waals surface area contributed by atoms with E-state index in [1.165, 1.54) is 24.0 Å². The highest BCUT2D eigenvalue weighted by atomic mass is 16.5. The summed E-state index contributed by atoms with van der Waals surface area (Å²) in [6, 6.07) is 7.02. The minimum atomic E-state index is -0.550. The van der Waals surface area contributed by atoms with Crippen molar-refractivity contribution in [1.29, 1.82) is 0 Å². The molecule has 0 aromatic carbocycles. The fraction of sp³-hybridized carbons (Fsp3) is 0.368. The molecular formula is C19H21N4O3+. The minimum Gasteiger partial charge on any atom is -0.465 e. The number of nitrogen functional groups attached to an aromatic ring is 1. The van der Waals surface area contributed by atoms with E-state index >= 15 is 0 Å². The van der Waals surface area contributed by atoms with Crippen LogP contribution in [0.25, 0.3) is 16.7 Å². The number of nitrogens with zero attached hydrogens (tertiary/aromatic N) is 3. The first kappa shape index (κ1) is 16.5. The summed E-state index contributed by atoms with van der Waals surface area (Å²) in [6.45, 7) is 0. The second kappa shape index (κ2) is 6.40. The van der Waals surface area contributed by atoms with E-state index in [0.29, 0.717) is 22.5 Å². The fourth-order valence-corrected chi connectivity index (χ4v) is 3.85. The number of esters is 1. The topological polar surface area (TPSA) is 90.6 Å². The van der Waals surface area contributed by atoms with Gasteiger partial charge in [-0.3, -0.25) is 9.20 Å². The van der Waals surface area contributed by atoms with Gasteiger partial charge in [-0.2, -0.15) is 0 Å². The number of carbonyl (C=O) groups is 1. The average Bonchev–Trinajstić information content (AvgIpc) is 2.68. The van der Waals surface area contributed by atoms with Crippen LogP contribution in [0.15, 0.2) is 35.3 Å². The molecule has 0 aliphatic heterocycles. The van der Waals surface area contributed by atoms with Crippen molar-refractivity contribution >= 4 is 28.5 Å². The van der Waals surface area contributed by atoms with Crippen LogP contribution in [0, 0.1) is 0 Å². The summed E-state index contributed by atoms with van der Waals surface area (Å²) in [5.41, 5.74) is 7.43. The van der Waals surface area contributed by atoms with Gasteiger partial charge in [0.1, 0.15) is 10.9 Å². The monoisotopic (exact) mass is 353 g/mol. The molecule has 3 aromatic heterocycles. The zero-order valence-electron chi connectivity index (χ0n) is 14.6. The molecule has 0 saturated heterocycles. The Morgan fingerprint density at radius 3 is 2.81 bits per heavy atom. The van der Waals surface area contributed by atoms with E-state index in [1.54, 1.807) is 18.3 Å². The van der Waals surface area contributed by atoms with Gasteiger partial charge < -0.3 is 10.5 Å². The molecule has 1 aliphatic rings. The first-order valence-electron chi connectivity index (χ1n) is 8.85. The molecule has 0 amide bonds. The lowest BCUT2D eigenvalue weighted by Crippen LogP contribution is -2.46. The van der Waals surface area contributed by atoms with E-state index < -0.39 is 5.97 Å². The van der Waals surface area contributed by atoms with Crippen molar-refractivity contribution in [2.24, 2.45) is 0 Å². The van der Waals surface area contributed by atoms with E-state index in [1.807, 2.05) is 10.6 Å². The summed E-state index contributed by atoms with van der Waals surface area (Å²) in [4.78, 5) is 30.0. The summed E-state index contributed by atoms with van der Waals surface area (Å²) in [6.07, 6.45) is 6.93. The summed E-state index contributed by atoms with van der Waals surface area (Å²) in [7, 11) is 1.31. The number of anilines is 1. The van der Waals surface area contributed by atoms with Gasteiger partial charge in [0.25, 0.3) is 11.2 Å². The molecule has 2 N–H and O–H groups in total. The highest BCUT2D eigenvalue weighted by molar-refractivity contribution is 5.96. The van der Waals surface area contributed by atoms with Crippen LogP contribution in [0.2, 0.25) is 0 Å². The van der Waals surface area contributed by atoms with Crippen molar-refractivity contribution in [3.05, 3.63) is 46.4 Å². The number of nitrogens with two attached hydrogens (primary N) is 1. The molecule has 134 valence electrons. The molecule has 3 heterocycles. The van der Waals surface area contributed by atoms with Crippen LogP contribution in [0.5, 0.6) is 0 Å². The standard InChI is InChI=1S/C19H20N4O3/c1-26-19(25)13-11-14-17(21-15-9-5-6-10-22(15)18(14)24)23(16(13)20)12-7-3-2-4-8-12/h5-6,9-12,20H,2-4,7-8H2,1H3/p+1. The maximum Gasteiger partial charge on any atom is 0.344 e. The second-order valence-electron chi connectivity index (χ2n) is 6.68. The number of hydrogen-bond acceptors (Lipinski definition) is 5. The van der Waals surface area contributed by atoms with E-state index in [0.717, 1.165) is 25.7 Å². The molecule has 1 aliphatic carbocycles. The third-order valence-electron chi connectivity index (χ3n) is 5.15. The van der Waals surface area contributed by atoms with E-state index in [9.17, 15) is 9.59 Å². The van der Waals surface area contributed by atoms with Crippen LogP contribution in [-0.4, -0.2) is 22.5 Å². The zero-order chi connectivity index (χ0) is 18.3. The van der Waals surface area contributed by atoms with Crippen molar-refractivity contribution in [2.75, 3.05) is 12.8 Å². The van der Waals surface area contributed by atoms with Crippen LogP contribution in [0.4, 0.5) is 5.82 Å². The van der Waals surface area contributed by atoms with Gasteiger partial charge in [0.15, 0.2) is 0 Å². The normalized spacial score (nSPS) is 15.4. The van der Waals surface area contributed by atoms with Gasteiger partial charge in [0.05, 0.1) is 13.2 Å². The minimum absolute atomic E-state index is 0.119. The smallest absolute Gasteiger partial charge is 0.344 e. The van der Waals surface area contributed by atoms with Gasteiger partial charge in [-0.25, -0.2) is 9.36 Å². The lowest BCUT2D eigenvalue weighted by atomic mass is 9.94. The molecule has 0 unspecified atom stereocenters. The lowest BCUT2D eigenvalue weighted by molar-refractivity contribution is -0.689. The molecule has 7 nitrogen and oxygen atoms in total. The molecule has 0 spiro atoms. The Kier molecular flexibility index (Phi) is 4.06. The number of rotatable bonds is 2. The quantitative estimate of drug-likeness (QED) is 0.432. The molecule has 0 atom stereocenters. The molecule has 1 fully saturated rings. The number of ether oxygens (including phenoxy) is 1. The summed E-state index contributed by atoms with van der Waals surface area (Å²) in [5, 5.41) is 0.369.